The van der Waals surface area contributed by atoms with Crippen molar-refractivity contribution >= 4 is 53.1 Å². The van der Waals surface area contributed by atoms with Crippen molar-refractivity contribution in [2.24, 2.45) is 0 Å². The molecule has 0 radical (unpaired) electrons. The third-order valence-electron chi connectivity index (χ3n) is 1.29. The summed E-state index contributed by atoms with van der Waals surface area (Å²) in [6, 6.07) is 0. The molecule has 110 valence electrons. The van der Waals surface area contributed by atoms with Crippen LogP contribution in [-0.4, -0.2) is 54.1 Å². The van der Waals surface area contributed by atoms with E-state index >= 15 is 0 Å². The molecule has 0 aliphatic heterocycles. The molecule has 0 atom stereocenters. The fraction of sp³-hybridized carbons (Fsp3) is 0.900. The van der Waals surface area contributed by atoms with Crippen LogP contribution in [0.25, 0.3) is 0 Å². The second-order valence-electron chi connectivity index (χ2n) is 3.21. The second-order valence-corrected chi connectivity index (χ2v) is 5.11. The molecule has 0 aromatic carbocycles. The largest absolute Gasteiger partial charge is 0.358 e. The lowest BCUT2D eigenvalue weighted by Gasteiger charge is -2.20. The van der Waals surface area contributed by atoms with Crippen molar-refractivity contribution in [2.45, 2.75) is 20.8 Å². The van der Waals surface area contributed by atoms with Crippen molar-refractivity contribution in [2.75, 3.05) is 40.0 Å². The number of thiocarbonyl (C=S) groups is 1. The Bertz CT molecular complexity index is 143. The summed E-state index contributed by atoms with van der Waals surface area (Å²) >= 11 is 6.91. The van der Waals surface area contributed by atoms with E-state index in [0.717, 1.165) is 23.2 Å². The molecule has 0 fully saturated rings. The predicted molar refractivity (Wildman–Crippen MR) is 92.8 cm³/mol. The Labute approximate surface area is 129 Å². The average Bonchev–Trinajstić information content (AvgIpc) is 2.06. The van der Waals surface area contributed by atoms with Gasteiger partial charge in [-0.05, 0) is 40.7 Å². The maximum Gasteiger partial charge on any atom is 0.136 e. The van der Waals surface area contributed by atoms with Crippen LogP contribution in [-0.2, 0) is 0 Å². The SMILES string of the molecule is CCSC(=S)N(CC)CC.CN(C)C.Cl.Cl.N. The zero-order valence-electron chi connectivity index (χ0n) is 11.9. The number of hydrogen-bond acceptors (Lipinski definition) is 4. The molecule has 0 spiro atoms. The molecular weight excluding hydrogens is 297 g/mol. The van der Waals surface area contributed by atoms with Crippen LogP contribution >= 0.6 is 48.8 Å². The molecule has 0 aromatic heterocycles. The quantitative estimate of drug-likeness (QED) is 0.803. The van der Waals surface area contributed by atoms with Crippen molar-refractivity contribution in [1.82, 2.24) is 16.0 Å². The first-order valence-corrected chi connectivity index (χ1v) is 6.41. The standard InChI is InChI=1S/C7H15NS2.C3H9N.2ClH.H3N/c1-4-8(5-2)7(9)10-6-3;1-4(2)3;;;/h4-6H2,1-3H3;1-3H3;2*1H;1H3. The van der Waals surface area contributed by atoms with Crippen molar-refractivity contribution < 1.29 is 0 Å². The van der Waals surface area contributed by atoms with Crippen LogP contribution in [0.4, 0.5) is 0 Å². The van der Waals surface area contributed by atoms with Gasteiger partial charge in [-0.1, -0.05) is 30.9 Å². The number of hydrogen-bond donors (Lipinski definition) is 1. The zero-order valence-corrected chi connectivity index (χ0v) is 15.1. The highest BCUT2D eigenvalue weighted by Gasteiger charge is 2.02. The van der Waals surface area contributed by atoms with E-state index in [1.54, 1.807) is 11.8 Å². The summed E-state index contributed by atoms with van der Waals surface area (Å²) in [5.41, 5.74) is 0. The minimum atomic E-state index is 0. The molecule has 0 aromatic rings. The van der Waals surface area contributed by atoms with Gasteiger partial charge in [0.05, 0.1) is 0 Å². The molecule has 0 saturated carbocycles. The Balaban J connectivity index is -0.0000000607. The number of halogens is 2. The fourth-order valence-corrected chi connectivity index (χ4v) is 2.00. The minimum absolute atomic E-state index is 0. The van der Waals surface area contributed by atoms with Crippen LogP contribution in [0.2, 0.25) is 0 Å². The molecule has 0 heterocycles. The molecule has 0 unspecified atom stereocenters. The van der Waals surface area contributed by atoms with Gasteiger partial charge in [-0.25, -0.2) is 0 Å². The number of thioether (sulfide) groups is 1. The van der Waals surface area contributed by atoms with Crippen LogP contribution in [0.1, 0.15) is 20.8 Å². The number of nitrogens with zero attached hydrogens (tertiary/aromatic N) is 2. The molecule has 0 aliphatic rings. The molecular formula is C10H29Cl2N3S2. The third-order valence-corrected chi connectivity index (χ3v) is 2.70. The molecule has 3 N–H and O–H groups in total. The lowest BCUT2D eigenvalue weighted by atomic mass is 10.6. The minimum Gasteiger partial charge on any atom is -0.358 e. The van der Waals surface area contributed by atoms with Crippen LogP contribution in [0.5, 0.6) is 0 Å². The summed E-state index contributed by atoms with van der Waals surface area (Å²) in [5.74, 6) is 1.08. The maximum absolute atomic E-state index is 5.16. The van der Waals surface area contributed by atoms with Crippen molar-refractivity contribution in [3.63, 3.8) is 0 Å². The van der Waals surface area contributed by atoms with E-state index in [4.69, 9.17) is 12.2 Å². The Kier molecular flexibility index (Phi) is 39.6. The van der Waals surface area contributed by atoms with Crippen LogP contribution in [0.15, 0.2) is 0 Å². The van der Waals surface area contributed by atoms with Gasteiger partial charge < -0.3 is 16.0 Å². The summed E-state index contributed by atoms with van der Waals surface area (Å²) < 4.78 is 1.03. The predicted octanol–water partition coefficient (Wildman–Crippen LogP) is 3.55. The molecule has 0 amide bonds. The van der Waals surface area contributed by atoms with Crippen molar-refractivity contribution in [3.8, 4) is 0 Å². The van der Waals surface area contributed by atoms with Crippen molar-refractivity contribution in [1.29, 1.82) is 0 Å². The van der Waals surface area contributed by atoms with Crippen LogP contribution in [0.3, 0.4) is 0 Å². The maximum atomic E-state index is 5.16. The monoisotopic (exact) mass is 325 g/mol. The van der Waals surface area contributed by atoms with E-state index in [2.05, 4.69) is 25.7 Å². The van der Waals surface area contributed by atoms with E-state index < -0.39 is 0 Å². The second kappa shape index (κ2) is 22.0. The fourth-order valence-electron chi connectivity index (χ4n) is 0.697. The first-order chi connectivity index (χ1) is 6.49. The summed E-state index contributed by atoms with van der Waals surface area (Å²) in [5, 5.41) is 0. The van der Waals surface area contributed by atoms with Gasteiger partial charge in [-0.3, -0.25) is 0 Å². The van der Waals surface area contributed by atoms with E-state index in [0.29, 0.717) is 0 Å². The van der Waals surface area contributed by atoms with Gasteiger partial charge >= 0.3 is 0 Å². The van der Waals surface area contributed by atoms with Gasteiger partial charge in [-0.2, -0.15) is 0 Å². The van der Waals surface area contributed by atoms with E-state index in [9.17, 15) is 0 Å². The smallest absolute Gasteiger partial charge is 0.136 e. The molecule has 7 heteroatoms. The summed E-state index contributed by atoms with van der Waals surface area (Å²) in [6.07, 6.45) is 0. The molecule has 0 rings (SSSR count). The van der Waals surface area contributed by atoms with Crippen LogP contribution in [0, 0.1) is 0 Å². The molecule has 17 heavy (non-hydrogen) atoms. The first-order valence-electron chi connectivity index (χ1n) is 5.02. The summed E-state index contributed by atoms with van der Waals surface area (Å²) in [6.45, 7) is 8.45. The highest BCUT2D eigenvalue weighted by Crippen LogP contribution is 2.07. The van der Waals surface area contributed by atoms with Gasteiger partial charge in [0.1, 0.15) is 4.32 Å². The summed E-state index contributed by atoms with van der Waals surface area (Å²) in [4.78, 5) is 4.20. The molecule has 0 aliphatic carbocycles. The molecule has 0 saturated heterocycles. The van der Waals surface area contributed by atoms with E-state index in [-0.39, 0.29) is 31.0 Å². The van der Waals surface area contributed by atoms with E-state index in [1.165, 1.54) is 0 Å². The zero-order chi connectivity index (χ0) is 11.6. The Morgan fingerprint density at radius 2 is 1.29 bits per heavy atom. The van der Waals surface area contributed by atoms with Crippen LogP contribution < -0.4 is 6.15 Å². The van der Waals surface area contributed by atoms with Gasteiger partial charge in [0, 0.05) is 13.1 Å². The Morgan fingerprint density at radius 3 is 1.47 bits per heavy atom. The normalized spacial score (nSPS) is 7.71. The molecule has 3 nitrogen and oxygen atoms in total. The topological polar surface area (TPSA) is 41.5 Å². The lowest BCUT2D eigenvalue weighted by Crippen LogP contribution is -2.26. The average molecular weight is 326 g/mol. The lowest BCUT2D eigenvalue weighted by molar-refractivity contribution is 0.482. The summed E-state index contributed by atoms with van der Waals surface area (Å²) in [7, 11) is 6.00. The van der Waals surface area contributed by atoms with E-state index in [1.807, 2.05) is 26.0 Å². The highest BCUT2D eigenvalue weighted by molar-refractivity contribution is 8.22. The van der Waals surface area contributed by atoms with Gasteiger partial charge in [0.15, 0.2) is 0 Å². The molecule has 0 bridgehead atoms. The third kappa shape index (κ3) is 26.4. The number of rotatable bonds is 3. The van der Waals surface area contributed by atoms with Crippen molar-refractivity contribution in [3.05, 3.63) is 0 Å². The Hall–Kier alpha value is 0.740. The first kappa shape index (κ1) is 30.6. The Morgan fingerprint density at radius 1 is 1.00 bits per heavy atom. The van der Waals surface area contributed by atoms with Gasteiger partial charge in [0.25, 0.3) is 0 Å². The van der Waals surface area contributed by atoms with Gasteiger partial charge in [0.2, 0.25) is 0 Å². The van der Waals surface area contributed by atoms with Gasteiger partial charge in [-0.15, -0.1) is 24.8 Å². The highest BCUT2D eigenvalue weighted by atomic mass is 35.5.